The number of nitrogens with zero attached hydrogens (tertiary/aromatic N) is 2. The van der Waals surface area contributed by atoms with Crippen molar-refractivity contribution in [3.8, 4) is 0 Å². The summed E-state index contributed by atoms with van der Waals surface area (Å²) in [4.78, 5) is 3.97. The molecule has 2 atom stereocenters. The smallest absolute Gasteiger partial charge is 0.336 e. The fourth-order valence-electron chi connectivity index (χ4n) is 2.25. The highest BCUT2D eigenvalue weighted by atomic mass is 19.4. The highest BCUT2D eigenvalue weighted by Gasteiger charge is 2.30. The van der Waals surface area contributed by atoms with Crippen LogP contribution in [0.15, 0.2) is 43.0 Å². The largest absolute Gasteiger partial charge is 0.416 e. The summed E-state index contributed by atoms with van der Waals surface area (Å²) in [5.41, 5.74) is 0.213. The Balaban J connectivity index is 1.95. The molecular weight excluding hydrogens is 279 g/mol. The molecular formula is C15H18F3N3. The molecule has 2 unspecified atom stereocenters. The fraction of sp³-hybridized carbons (Fsp3) is 0.400. The van der Waals surface area contributed by atoms with E-state index >= 15 is 0 Å². The second-order valence-electron chi connectivity index (χ2n) is 5.17. The summed E-state index contributed by atoms with van der Waals surface area (Å²) >= 11 is 0. The zero-order valence-electron chi connectivity index (χ0n) is 11.9. The quantitative estimate of drug-likeness (QED) is 0.913. The molecule has 21 heavy (non-hydrogen) atoms. The Morgan fingerprint density at radius 2 is 1.86 bits per heavy atom. The molecule has 3 nitrogen and oxygen atoms in total. The number of aromatic nitrogens is 2. The monoisotopic (exact) mass is 297 g/mol. The van der Waals surface area contributed by atoms with E-state index in [1.165, 1.54) is 12.1 Å². The number of hydrogen-bond donors (Lipinski definition) is 1. The Labute approximate surface area is 121 Å². The maximum atomic E-state index is 12.5. The van der Waals surface area contributed by atoms with Gasteiger partial charge in [-0.1, -0.05) is 12.1 Å². The van der Waals surface area contributed by atoms with Gasteiger partial charge in [-0.2, -0.15) is 13.2 Å². The van der Waals surface area contributed by atoms with Crippen molar-refractivity contribution in [2.75, 3.05) is 0 Å². The van der Waals surface area contributed by atoms with E-state index < -0.39 is 11.7 Å². The van der Waals surface area contributed by atoms with Crippen molar-refractivity contribution in [2.24, 2.45) is 0 Å². The fourth-order valence-corrected chi connectivity index (χ4v) is 2.25. The van der Waals surface area contributed by atoms with Crippen molar-refractivity contribution in [2.45, 2.75) is 38.7 Å². The van der Waals surface area contributed by atoms with Gasteiger partial charge in [0.1, 0.15) is 0 Å². The molecule has 6 heteroatoms. The van der Waals surface area contributed by atoms with Gasteiger partial charge in [-0.05, 0) is 31.5 Å². The van der Waals surface area contributed by atoms with Crippen LogP contribution in [0.25, 0.3) is 0 Å². The van der Waals surface area contributed by atoms with Gasteiger partial charge in [0.05, 0.1) is 11.9 Å². The lowest BCUT2D eigenvalue weighted by atomic mass is 10.1. The minimum absolute atomic E-state index is 0.0224. The number of halogens is 3. The van der Waals surface area contributed by atoms with Gasteiger partial charge in [0, 0.05) is 31.0 Å². The summed E-state index contributed by atoms with van der Waals surface area (Å²) < 4.78 is 39.5. The number of alkyl halides is 3. The molecule has 0 saturated heterocycles. The second kappa shape index (κ2) is 6.30. The standard InChI is InChI=1S/C15H18F3N3/c1-11(9-21-8-7-19-10-21)20-12(2)13-3-5-14(6-4-13)15(16,17)18/h3-8,10-12,20H,9H2,1-2H3. The zero-order chi connectivity index (χ0) is 15.5. The maximum Gasteiger partial charge on any atom is 0.416 e. The third kappa shape index (κ3) is 4.32. The Morgan fingerprint density at radius 3 is 2.38 bits per heavy atom. The molecule has 0 aliphatic rings. The molecule has 0 bridgehead atoms. The van der Waals surface area contributed by atoms with Gasteiger partial charge in [0.15, 0.2) is 0 Å². The van der Waals surface area contributed by atoms with Crippen LogP contribution in [0, 0.1) is 0 Å². The van der Waals surface area contributed by atoms with Crippen molar-refractivity contribution >= 4 is 0 Å². The first kappa shape index (κ1) is 15.6. The van der Waals surface area contributed by atoms with Gasteiger partial charge in [0.2, 0.25) is 0 Å². The van der Waals surface area contributed by atoms with E-state index in [1.807, 2.05) is 24.6 Å². The van der Waals surface area contributed by atoms with E-state index in [9.17, 15) is 13.2 Å². The van der Waals surface area contributed by atoms with Gasteiger partial charge in [-0.3, -0.25) is 0 Å². The van der Waals surface area contributed by atoms with E-state index in [-0.39, 0.29) is 12.1 Å². The van der Waals surface area contributed by atoms with Crippen LogP contribution < -0.4 is 5.32 Å². The van der Waals surface area contributed by atoms with Gasteiger partial charge in [0.25, 0.3) is 0 Å². The second-order valence-corrected chi connectivity index (χ2v) is 5.17. The predicted octanol–water partition coefficient (Wildman–Crippen LogP) is 3.64. The third-order valence-electron chi connectivity index (χ3n) is 3.32. The lowest BCUT2D eigenvalue weighted by Gasteiger charge is -2.21. The van der Waals surface area contributed by atoms with Crippen molar-refractivity contribution in [3.05, 3.63) is 54.1 Å². The first-order chi connectivity index (χ1) is 9.86. The van der Waals surface area contributed by atoms with Gasteiger partial charge < -0.3 is 9.88 Å². The number of imidazole rings is 1. The van der Waals surface area contributed by atoms with E-state index in [2.05, 4.69) is 10.3 Å². The first-order valence-electron chi connectivity index (χ1n) is 6.75. The minimum Gasteiger partial charge on any atom is -0.336 e. The molecule has 0 radical (unpaired) electrons. The zero-order valence-corrected chi connectivity index (χ0v) is 11.9. The number of rotatable bonds is 5. The molecule has 1 N–H and O–H groups in total. The van der Waals surface area contributed by atoms with E-state index in [0.717, 1.165) is 24.2 Å². The van der Waals surface area contributed by atoms with Crippen molar-refractivity contribution in [1.29, 1.82) is 0 Å². The number of nitrogens with one attached hydrogen (secondary N) is 1. The average Bonchev–Trinajstić information content (AvgIpc) is 2.90. The van der Waals surface area contributed by atoms with Crippen molar-refractivity contribution in [3.63, 3.8) is 0 Å². The predicted molar refractivity (Wildman–Crippen MR) is 74.7 cm³/mol. The van der Waals surface area contributed by atoms with Crippen LogP contribution in [0.5, 0.6) is 0 Å². The minimum atomic E-state index is -4.29. The summed E-state index contributed by atoms with van der Waals surface area (Å²) in [7, 11) is 0. The number of hydrogen-bond acceptors (Lipinski definition) is 2. The summed E-state index contributed by atoms with van der Waals surface area (Å²) in [6, 6.07) is 5.43. The molecule has 0 aliphatic carbocycles. The average molecular weight is 297 g/mol. The molecule has 1 aromatic heterocycles. The third-order valence-corrected chi connectivity index (χ3v) is 3.32. The van der Waals surface area contributed by atoms with Crippen LogP contribution in [-0.2, 0) is 12.7 Å². The lowest BCUT2D eigenvalue weighted by Crippen LogP contribution is -2.32. The summed E-state index contributed by atoms with van der Waals surface area (Å²) in [5, 5.41) is 3.36. The highest BCUT2D eigenvalue weighted by molar-refractivity contribution is 5.26. The van der Waals surface area contributed by atoms with Crippen LogP contribution >= 0.6 is 0 Å². The SMILES string of the molecule is CC(Cn1ccnc1)NC(C)c1ccc(C(F)(F)F)cc1. The topological polar surface area (TPSA) is 29.9 Å². The summed E-state index contributed by atoms with van der Waals surface area (Å²) in [5.74, 6) is 0. The molecule has 0 amide bonds. The molecule has 1 heterocycles. The summed E-state index contributed by atoms with van der Waals surface area (Å²) in [6.07, 6.45) is 1.04. The van der Waals surface area contributed by atoms with Crippen LogP contribution in [0.3, 0.4) is 0 Å². The lowest BCUT2D eigenvalue weighted by molar-refractivity contribution is -0.137. The molecule has 1 aromatic carbocycles. The molecule has 0 spiro atoms. The van der Waals surface area contributed by atoms with Crippen molar-refractivity contribution < 1.29 is 13.2 Å². The van der Waals surface area contributed by atoms with Gasteiger partial charge >= 0.3 is 6.18 Å². The van der Waals surface area contributed by atoms with Crippen LogP contribution in [-0.4, -0.2) is 15.6 Å². The Hall–Kier alpha value is -1.82. The first-order valence-corrected chi connectivity index (χ1v) is 6.75. The van der Waals surface area contributed by atoms with Gasteiger partial charge in [-0.15, -0.1) is 0 Å². The maximum absolute atomic E-state index is 12.5. The highest BCUT2D eigenvalue weighted by Crippen LogP contribution is 2.29. The van der Waals surface area contributed by atoms with Crippen LogP contribution in [0.2, 0.25) is 0 Å². The Morgan fingerprint density at radius 1 is 1.19 bits per heavy atom. The van der Waals surface area contributed by atoms with Crippen molar-refractivity contribution in [1.82, 2.24) is 14.9 Å². The molecule has 0 aliphatic heterocycles. The molecule has 0 saturated carbocycles. The van der Waals surface area contributed by atoms with E-state index in [0.29, 0.717) is 0 Å². The molecule has 2 aromatic rings. The van der Waals surface area contributed by atoms with E-state index in [4.69, 9.17) is 0 Å². The number of benzene rings is 1. The molecule has 0 fully saturated rings. The molecule has 114 valence electrons. The Bertz CT molecular complexity index is 547. The normalized spacial score (nSPS) is 14.9. The summed E-state index contributed by atoms with van der Waals surface area (Å²) in [6.45, 7) is 4.72. The van der Waals surface area contributed by atoms with E-state index in [1.54, 1.807) is 12.5 Å². The van der Waals surface area contributed by atoms with Crippen LogP contribution in [0.4, 0.5) is 13.2 Å². The molecule has 2 rings (SSSR count). The van der Waals surface area contributed by atoms with Gasteiger partial charge in [-0.25, -0.2) is 4.98 Å². The van der Waals surface area contributed by atoms with Crippen LogP contribution in [0.1, 0.15) is 31.0 Å². The Kier molecular flexibility index (Phi) is 4.67.